The van der Waals surface area contributed by atoms with Gasteiger partial charge in [-0.2, -0.15) is 0 Å². The molecule has 0 unspecified atom stereocenters. The fourth-order valence-electron chi connectivity index (χ4n) is 2.15. The van der Waals surface area contributed by atoms with Gasteiger partial charge in [-0.3, -0.25) is 14.8 Å². The fourth-order valence-corrected chi connectivity index (χ4v) is 2.15. The number of pyridine rings is 2. The average Bonchev–Trinajstić information content (AvgIpc) is 2.52. The number of amides is 1. The second-order valence-corrected chi connectivity index (χ2v) is 6.66. The van der Waals surface area contributed by atoms with Crippen molar-refractivity contribution in [1.29, 1.82) is 0 Å². The van der Waals surface area contributed by atoms with Crippen molar-refractivity contribution in [3.8, 4) is 0 Å². The minimum atomic E-state index is -0.264. The summed E-state index contributed by atoms with van der Waals surface area (Å²) < 4.78 is 0. The summed E-state index contributed by atoms with van der Waals surface area (Å²) >= 11 is 0. The van der Waals surface area contributed by atoms with Gasteiger partial charge in [0.1, 0.15) is 0 Å². The first-order chi connectivity index (χ1) is 10.8. The molecule has 0 aliphatic heterocycles. The molecule has 122 valence electrons. The summed E-state index contributed by atoms with van der Waals surface area (Å²) in [5, 5.41) is 2.96. The zero-order valence-corrected chi connectivity index (χ0v) is 14.2. The molecule has 0 saturated heterocycles. The highest BCUT2D eigenvalue weighted by atomic mass is 16.1. The van der Waals surface area contributed by atoms with E-state index in [1.807, 2.05) is 46.0 Å². The number of aromatic nitrogens is 2. The number of hydrogen-bond acceptors (Lipinski definition) is 4. The van der Waals surface area contributed by atoms with Crippen LogP contribution in [0.5, 0.6) is 0 Å². The van der Waals surface area contributed by atoms with E-state index in [0.717, 1.165) is 18.7 Å². The number of nitrogens with one attached hydrogen (secondary N) is 1. The number of anilines is 1. The van der Waals surface area contributed by atoms with E-state index in [-0.39, 0.29) is 11.4 Å². The first kappa shape index (κ1) is 16.9. The van der Waals surface area contributed by atoms with Crippen LogP contribution in [0.25, 0.3) is 0 Å². The smallest absolute Gasteiger partial charge is 0.253 e. The van der Waals surface area contributed by atoms with Gasteiger partial charge >= 0.3 is 0 Å². The Labute approximate surface area is 137 Å². The van der Waals surface area contributed by atoms with Crippen LogP contribution in [0.2, 0.25) is 0 Å². The monoisotopic (exact) mass is 312 g/mol. The van der Waals surface area contributed by atoms with Gasteiger partial charge in [-0.25, -0.2) is 0 Å². The van der Waals surface area contributed by atoms with Gasteiger partial charge in [0.25, 0.3) is 5.91 Å². The zero-order chi connectivity index (χ0) is 16.9. The molecule has 0 radical (unpaired) electrons. The molecule has 0 bridgehead atoms. The topological polar surface area (TPSA) is 58.1 Å². The van der Waals surface area contributed by atoms with E-state index in [0.29, 0.717) is 5.56 Å². The van der Waals surface area contributed by atoms with Crippen molar-refractivity contribution in [3.05, 3.63) is 54.1 Å². The third kappa shape index (κ3) is 5.36. The second-order valence-electron chi connectivity index (χ2n) is 6.66. The van der Waals surface area contributed by atoms with Crippen LogP contribution >= 0.6 is 0 Å². The van der Waals surface area contributed by atoms with E-state index < -0.39 is 0 Å². The quantitative estimate of drug-likeness (QED) is 0.922. The molecule has 5 heteroatoms. The Morgan fingerprint density at radius 3 is 2.52 bits per heavy atom. The molecule has 2 heterocycles. The Morgan fingerprint density at radius 2 is 1.87 bits per heavy atom. The van der Waals surface area contributed by atoms with Crippen molar-refractivity contribution in [2.24, 2.45) is 0 Å². The lowest BCUT2D eigenvalue weighted by Crippen LogP contribution is -2.40. The standard InChI is InChI=1S/C18H24N4O/c1-18(2,3)21-17(23)15-11-16(13-20-12-15)22(4)10-7-14-5-8-19-9-6-14/h5-6,8-9,11-13H,7,10H2,1-4H3,(H,21,23). The number of carbonyl (C=O) groups excluding carboxylic acids is 1. The molecular formula is C18H24N4O. The van der Waals surface area contributed by atoms with Crippen LogP contribution in [0, 0.1) is 0 Å². The van der Waals surface area contributed by atoms with Gasteiger partial charge in [0, 0.05) is 37.7 Å². The highest BCUT2D eigenvalue weighted by Gasteiger charge is 2.16. The number of rotatable bonds is 5. The van der Waals surface area contributed by atoms with Crippen molar-refractivity contribution in [2.45, 2.75) is 32.7 Å². The molecule has 1 N–H and O–H groups in total. The maximum absolute atomic E-state index is 12.2. The molecule has 1 amide bonds. The maximum Gasteiger partial charge on any atom is 0.253 e. The van der Waals surface area contributed by atoms with Crippen molar-refractivity contribution >= 4 is 11.6 Å². The molecule has 0 aliphatic carbocycles. The third-order valence-corrected chi connectivity index (χ3v) is 3.40. The summed E-state index contributed by atoms with van der Waals surface area (Å²) in [6.45, 7) is 6.73. The average molecular weight is 312 g/mol. The van der Waals surface area contributed by atoms with Gasteiger partial charge in [0.2, 0.25) is 0 Å². The van der Waals surface area contributed by atoms with E-state index in [1.165, 1.54) is 5.56 Å². The SMILES string of the molecule is CN(CCc1ccncc1)c1cncc(C(=O)NC(C)(C)C)c1. The Kier molecular flexibility index (Phi) is 5.32. The van der Waals surface area contributed by atoms with Crippen LogP contribution in [0.1, 0.15) is 36.7 Å². The minimum absolute atomic E-state index is 0.102. The van der Waals surface area contributed by atoms with Crippen molar-refractivity contribution < 1.29 is 4.79 Å². The van der Waals surface area contributed by atoms with E-state index >= 15 is 0 Å². The normalized spacial score (nSPS) is 11.1. The lowest BCUT2D eigenvalue weighted by atomic mass is 10.1. The Bertz CT molecular complexity index is 650. The van der Waals surface area contributed by atoms with Crippen LogP contribution in [0.4, 0.5) is 5.69 Å². The fraction of sp³-hybridized carbons (Fsp3) is 0.389. The van der Waals surface area contributed by atoms with E-state index in [9.17, 15) is 4.79 Å². The van der Waals surface area contributed by atoms with Gasteiger partial charge in [-0.05, 0) is 51.0 Å². The molecule has 2 aromatic rings. The van der Waals surface area contributed by atoms with Crippen molar-refractivity contribution in [1.82, 2.24) is 15.3 Å². The molecule has 2 aromatic heterocycles. The van der Waals surface area contributed by atoms with Crippen LogP contribution in [0.3, 0.4) is 0 Å². The van der Waals surface area contributed by atoms with Gasteiger partial charge in [0.05, 0.1) is 17.4 Å². The number of nitrogens with zero attached hydrogens (tertiary/aromatic N) is 3. The van der Waals surface area contributed by atoms with Crippen LogP contribution in [-0.4, -0.2) is 35.0 Å². The number of carbonyl (C=O) groups is 1. The zero-order valence-electron chi connectivity index (χ0n) is 14.2. The number of likely N-dealkylation sites (N-methyl/N-ethyl adjacent to an activating group) is 1. The molecule has 23 heavy (non-hydrogen) atoms. The highest BCUT2D eigenvalue weighted by molar-refractivity contribution is 5.95. The van der Waals surface area contributed by atoms with Gasteiger partial charge < -0.3 is 10.2 Å². The molecule has 0 aliphatic rings. The lowest BCUT2D eigenvalue weighted by molar-refractivity contribution is 0.0919. The minimum Gasteiger partial charge on any atom is -0.373 e. The predicted molar refractivity (Wildman–Crippen MR) is 92.7 cm³/mol. The third-order valence-electron chi connectivity index (χ3n) is 3.40. The summed E-state index contributed by atoms with van der Waals surface area (Å²) in [7, 11) is 2.00. The summed E-state index contributed by atoms with van der Waals surface area (Å²) in [4.78, 5) is 22.6. The second kappa shape index (κ2) is 7.22. The van der Waals surface area contributed by atoms with Gasteiger partial charge in [0.15, 0.2) is 0 Å². The molecule has 0 spiro atoms. The predicted octanol–water partition coefficient (Wildman–Crippen LogP) is 2.68. The summed E-state index contributed by atoms with van der Waals surface area (Å²) in [6.07, 6.45) is 7.89. The highest BCUT2D eigenvalue weighted by Crippen LogP contribution is 2.14. The van der Waals surface area contributed by atoms with Crippen LogP contribution in [-0.2, 0) is 6.42 Å². The van der Waals surface area contributed by atoms with E-state index in [2.05, 4.69) is 20.2 Å². The van der Waals surface area contributed by atoms with Crippen molar-refractivity contribution in [3.63, 3.8) is 0 Å². The summed E-state index contributed by atoms with van der Waals surface area (Å²) in [5.41, 5.74) is 2.48. The maximum atomic E-state index is 12.2. The molecule has 0 saturated carbocycles. The first-order valence-electron chi connectivity index (χ1n) is 7.73. The Balaban J connectivity index is 2.02. The number of hydrogen-bond donors (Lipinski definition) is 1. The molecule has 5 nitrogen and oxygen atoms in total. The molecule has 0 fully saturated rings. The van der Waals surface area contributed by atoms with E-state index in [1.54, 1.807) is 24.8 Å². The molecule has 0 aromatic carbocycles. The summed E-state index contributed by atoms with van der Waals surface area (Å²) in [6, 6.07) is 5.90. The molecular weight excluding hydrogens is 288 g/mol. The molecule has 2 rings (SSSR count). The first-order valence-corrected chi connectivity index (χ1v) is 7.73. The van der Waals surface area contributed by atoms with Gasteiger partial charge in [-0.1, -0.05) is 0 Å². The summed E-state index contributed by atoms with van der Waals surface area (Å²) in [5.74, 6) is -0.102. The largest absolute Gasteiger partial charge is 0.373 e. The molecule has 0 atom stereocenters. The van der Waals surface area contributed by atoms with Gasteiger partial charge in [-0.15, -0.1) is 0 Å². The lowest BCUT2D eigenvalue weighted by Gasteiger charge is -2.22. The Morgan fingerprint density at radius 1 is 1.17 bits per heavy atom. The Hall–Kier alpha value is -2.43. The van der Waals surface area contributed by atoms with Crippen LogP contribution < -0.4 is 10.2 Å². The van der Waals surface area contributed by atoms with Crippen LogP contribution in [0.15, 0.2) is 43.0 Å². The van der Waals surface area contributed by atoms with E-state index in [4.69, 9.17) is 0 Å². The van der Waals surface area contributed by atoms with Crippen molar-refractivity contribution in [2.75, 3.05) is 18.5 Å².